The van der Waals surface area contributed by atoms with E-state index in [1.807, 2.05) is 0 Å². The third kappa shape index (κ3) is 5.70. The van der Waals surface area contributed by atoms with E-state index in [0.29, 0.717) is 6.42 Å². The van der Waals surface area contributed by atoms with Crippen molar-refractivity contribution in [3.63, 3.8) is 0 Å². The van der Waals surface area contributed by atoms with Crippen molar-refractivity contribution < 1.29 is 13.6 Å². The molecule has 0 aliphatic carbocycles. The number of hydrogen-bond donors (Lipinski definition) is 0. The maximum atomic E-state index is 13.7. The van der Waals surface area contributed by atoms with Crippen LogP contribution in [0.4, 0.5) is 8.78 Å². The second-order valence-corrected chi connectivity index (χ2v) is 5.91. The molecule has 0 atom stereocenters. The van der Waals surface area contributed by atoms with Crippen LogP contribution in [0.2, 0.25) is 0 Å². The Balaban J connectivity index is 2.38. The molecule has 20 heavy (non-hydrogen) atoms. The van der Waals surface area contributed by atoms with Crippen molar-refractivity contribution in [3.05, 3.63) is 33.8 Å². The van der Waals surface area contributed by atoms with Gasteiger partial charge in [0.05, 0.1) is 4.47 Å². The molecule has 1 aromatic rings. The van der Waals surface area contributed by atoms with Crippen LogP contribution in [0, 0.1) is 11.6 Å². The van der Waals surface area contributed by atoms with Crippen molar-refractivity contribution in [3.8, 4) is 0 Å². The summed E-state index contributed by atoms with van der Waals surface area (Å²) >= 11 is 3.01. The number of halogens is 3. The summed E-state index contributed by atoms with van der Waals surface area (Å²) in [4.78, 5) is 11.8. The van der Waals surface area contributed by atoms with Gasteiger partial charge in [-0.15, -0.1) is 0 Å². The highest BCUT2D eigenvalue weighted by atomic mass is 79.9. The Bertz CT molecular complexity index is 446. The summed E-state index contributed by atoms with van der Waals surface area (Å²) in [6, 6.07) is 2.49. The predicted octanol–water partition coefficient (Wildman–Crippen LogP) is 5.59. The monoisotopic (exact) mass is 346 g/mol. The highest BCUT2D eigenvalue weighted by Crippen LogP contribution is 2.22. The van der Waals surface area contributed by atoms with Crippen LogP contribution in [-0.2, 0) is 11.2 Å². The first-order chi connectivity index (χ1) is 9.56. The third-order valence-corrected chi connectivity index (χ3v) is 3.93. The molecule has 0 N–H and O–H groups in total. The lowest BCUT2D eigenvalue weighted by molar-refractivity contribution is -0.118. The fourth-order valence-corrected chi connectivity index (χ4v) is 2.49. The van der Waals surface area contributed by atoms with Crippen LogP contribution in [-0.4, -0.2) is 5.78 Å². The second-order valence-electron chi connectivity index (χ2n) is 5.05. The van der Waals surface area contributed by atoms with Gasteiger partial charge in [-0.3, -0.25) is 4.79 Å². The molecule has 0 fully saturated rings. The normalized spacial score (nSPS) is 10.8. The van der Waals surface area contributed by atoms with Crippen molar-refractivity contribution in [1.82, 2.24) is 0 Å². The number of ketones is 1. The Morgan fingerprint density at radius 1 is 1.10 bits per heavy atom. The van der Waals surface area contributed by atoms with E-state index in [2.05, 4.69) is 22.9 Å². The highest BCUT2D eigenvalue weighted by Gasteiger charge is 2.15. The summed E-state index contributed by atoms with van der Waals surface area (Å²) in [6.07, 6.45) is 6.79. The molecule has 0 spiro atoms. The molecule has 0 saturated carbocycles. The number of Topliss-reactive ketones (excluding diaryl/α,β-unsaturated/α-hetero) is 1. The molecule has 0 aliphatic rings. The van der Waals surface area contributed by atoms with Gasteiger partial charge in [-0.05, 0) is 34.5 Å². The maximum absolute atomic E-state index is 13.7. The zero-order valence-corrected chi connectivity index (χ0v) is 13.4. The summed E-state index contributed by atoms with van der Waals surface area (Å²) in [6.45, 7) is 2.16. The average molecular weight is 347 g/mol. The van der Waals surface area contributed by atoms with Gasteiger partial charge in [0.2, 0.25) is 0 Å². The van der Waals surface area contributed by atoms with E-state index in [9.17, 15) is 13.6 Å². The smallest absolute Gasteiger partial charge is 0.143 e. The highest BCUT2D eigenvalue weighted by molar-refractivity contribution is 9.10. The molecule has 0 aromatic heterocycles. The van der Waals surface area contributed by atoms with Crippen molar-refractivity contribution in [2.24, 2.45) is 0 Å². The molecule has 0 aliphatic heterocycles. The number of carbonyl (C=O) groups is 1. The molecule has 0 heterocycles. The number of hydrogen-bond acceptors (Lipinski definition) is 1. The number of unbranched alkanes of at least 4 members (excludes halogenated alkanes) is 5. The van der Waals surface area contributed by atoms with Crippen LogP contribution >= 0.6 is 15.9 Å². The fourth-order valence-electron chi connectivity index (χ4n) is 2.12. The maximum Gasteiger partial charge on any atom is 0.143 e. The molecule has 1 rings (SSSR count). The van der Waals surface area contributed by atoms with Crippen LogP contribution in [0.1, 0.15) is 57.4 Å². The van der Waals surface area contributed by atoms with Crippen LogP contribution in [0.5, 0.6) is 0 Å². The molecule has 4 heteroatoms. The lowest BCUT2D eigenvalue weighted by Crippen LogP contribution is -2.07. The largest absolute Gasteiger partial charge is 0.299 e. The lowest BCUT2D eigenvalue weighted by Gasteiger charge is -2.06. The summed E-state index contributed by atoms with van der Waals surface area (Å²) < 4.78 is 27.4. The van der Waals surface area contributed by atoms with Crippen molar-refractivity contribution >= 4 is 21.7 Å². The Morgan fingerprint density at radius 3 is 2.45 bits per heavy atom. The first-order valence-corrected chi connectivity index (χ1v) is 7.99. The first kappa shape index (κ1) is 17.3. The van der Waals surface area contributed by atoms with Crippen LogP contribution < -0.4 is 0 Å². The molecule has 0 amide bonds. The summed E-state index contributed by atoms with van der Waals surface area (Å²) in [7, 11) is 0. The molecule has 0 radical (unpaired) electrons. The van der Waals surface area contributed by atoms with Gasteiger partial charge >= 0.3 is 0 Å². The molecule has 112 valence electrons. The fraction of sp³-hybridized carbons (Fsp3) is 0.562. The molecule has 0 saturated heterocycles. The molecule has 0 unspecified atom stereocenters. The predicted molar refractivity (Wildman–Crippen MR) is 80.8 cm³/mol. The van der Waals surface area contributed by atoms with Gasteiger partial charge in [-0.2, -0.15) is 0 Å². The van der Waals surface area contributed by atoms with E-state index in [0.717, 1.165) is 19.3 Å². The van der Waals surface area contributed by atoms with Crippen molar-refractivity contribution in [1.29, 1.82) is 0 Å². The third-order valence-electron chi connectivity index (χ3n) is 3.32. The topological polar surface area (TPSA) is 17.1 Å². The van der Waals surface area contributed by atoms with Gasteiger partial charge in [0.1, 0.15) is 17.4 Å². The Kier molecular flexibility index (Phi) is 7.97. The zero-order valence-electron chi connectivity index (χ0n) is 11.9. The summed E-state index contributed by atoms with van der Waals surface area (Å²) in [5.41, 5.74) is -0.129. The van der Waals surface area contributed by atoms with Gasteiger partial charge in [0.15, 0.2) is 0 Å². The molecule has 1 nitrogen and oxygen atoms in total. The van der Waals surface area contributed by atoms with Gasteiger partial charge in [0, 0.05) is 18.4 Å². The second kappa shape index (κ2) is 9.22. The average Bonchev–Trinajstić information content (AvgIpc) is 2.43. The van der Waals surface area contributed by atoms with Crippen LogP contribution in [0.3, 0.4) is 0 Å². The minimum absolute atomic E-state index is 0.101. The number of carbonyl (C=O) groups excluding carboxylic acids is 1. The molecule has 1 aromatic carbocycles. The Hall–Kier alpha value is -0.770. The van der Waals surface area contributed by atoms with E-state index in [4.69, 9.17) is 0 Å². The summed E-state index contributed by atoms with van der Waals surface area (Å²) in [5, 5.41) is 0. The molecular weight excluding hydrogens is 326 g/mol. The minimum atomic E-state index is -0.665. The van der Waals surface area contributed by atoms with Gasteiger partial charge < -0.3 is 0 Å². The van der Waals surface area contributed by atoms with E-state index in [-0.39, 0.29) is 22.2 Å². The zero-order chi connectivity index (χ0) is 15.0. The Morgan fingerprint density at radius 2 is 1.75 bits per heavy atom. The quantitative estimate of drug-likeness (QED) is 0.420. The minimum Gasteiger partial charge on any atom is -0.299 e. The number of rotatable bonds is 9. The van der Waals surface area contributed by atoms with Crippen LogP contribution in [0.15, 0.2) is 16.6 Å². The van der Waals surface area contributed by atoms with E-state index in [1.54, 1.807) is 0 Å². The Labute approximate surface area is 127 Å². The van der Waals surface area contributed by atoms with Crippen LogP contribution in [0.25, 0.3) is 0 Å². The lowest BCUT2D eigenvalue weighted by atomic mass is 10.0. The number of benzene rings is 1. The van der Waals surface area contributed by atoms with E-state index in [1.165, 1.54) is 31.4 Å². The SMILES string of the molecule is CCCCCCCCC(=O)Cc1c(F)ccc(Br)c1F. The molecular formula is C16H21BrF2O. The van der Waals surface area contributed by atoms with E-state index < -0.39 is 11.6 Å². The summed E-state index contributed by atoms with van der Waals surface area (Å²) in [5.74, 6) is -1.42. The van der Waals surface area contributed by atoms with Gasteiger partial charge in [-0.1, -0.05) is 39.0 Å². The standard InChI is InChI=1S/C16H21BrF2O/c1-2-3-4-5-6-7-8-12(20)11-13-15(18)10-9-14(17)16(13)19/h9-10H,2-8,11H2,1H3. The van der Waals surface area contributed by atoms with E-state index >= 15 is 0 Å². The van der Waals surface area contributed by atoms with Gasteiger partial charge in [-0.25, -0.2) is 8.78 Å². The molecule has 0 bridgehead atoms. The van der Waals surface area contributed by atoms with Crippen molar-refractivity contribution in [2.75, 3.05) is 0 Å². The van der Waals surface area contributed by atoms with Crippen molar-refractivity contribution in [2.45, 2.75) is 58.3 Å². The van der Waals surface area contributed by atoms with Gasteiger partial charge in [0.25, 0.3) is 0 Å². The first-order valence-electron chi connectivity index (χ1n) is 7.20.